The van der Waals surface area contributed by atoms with Crippen molar-refractivity contribution in [3.05, 3.63) is 34.9 Å². The maximum Gasteiger partial charge on any atom is 0.176 e. The van der Waals surface area contributed by atoms with Crippen LogP contribution < -0.4 is 5.32 Å². The third-order valence-corrected chi connectivity index (χ3v) is 2.70. The molecule has 3 nitrogen and oxygen atoms in total. The van der Waals surface area contributed by atoms with Crippen LogP contribution in [0.4, 0.5) is 0 Å². The van der Waals surface area contributed by atoms with E-state index in [1.807, 2.05) is 46.1 Å². The minimum atomic E-state index is 0.168. The lowest BCUT2D eigenvalue weighted by molar-refractivity contribution is 0.0990. The average molecular weight is 234 g/mol. The lowest BCUT2D eigenvalue weighted by Crippen LogP contribution is -2.30. The first-order valence-electron chi connectivity index (χ1n) is 5.96. The molecule has 0 amide bonds. The summed E-state index contributed by atoms with van der Waals surface area (Å²) in [6.07, 6.45) is 0. The van der Waals surface area contributed by atoms with Crippen LogP contribution >= 0.6 is 0 Å². The van der Waals surface area contributed by atoms with E-state index in [1.54, 1.807) is 0 Å². The van der Waals surface area contributed by atoms with Gasteiger partial charge < -0.3 is 10.2 Å². The topological polar surface area (TPSA) is 32.3 Å². The molecule has 1 aromatic rings. The molecule has 0 radical (unpaired) electrons. The molecule has 1 N–H and O–H groups in total. The lowest BCUT2D eigenvalue weighted by atomic mass is 10.0. The Balaban J connectivity index is 2.47. The van der Waals surface area contributed by atoms with E-state index in [9.17, 15) is 4.79 Å². The minimum Gasteiger partial charge on any atom is -0.308 e. The summed E-state index contributed by atoms with van der Waals surface area (Å²) in [4.78, 5) is 14.0. The van der Waals surface area contributed by atoms with Crippen molar-refractivity contribution >= 4 is 5.78 Å². The van der Waals surface area contributed by atoms with Crippen molar-refractivity contribution in [1.29, 1.82) is 0 Å². The van der Waals surface area contributed by atoms with Gasteiger partial charge in [-0.25, -0.2) is 0 Å². The largest absolute Gasteiger partial charge is 0.308 e. The maximum atomic E-state index is 11.9. The normalized spacial score (nSPS) is 10.9. The second-order valence-corrected chi connectivity index (χ2v) is 4.72. The molecule has 3 heteroatoms. The van der Waals surface area contributed by atoms with E-state index in [0.717, 1.165) is 24.2 Å². The predicted octanol–water partition coefficient (Wildman–Crippen LogP) is 1.64. The van der Waals surface area contributed by atoms with Crippen molar-refractivity contribution in [3.63, 3.8) is 0 Å². The van der Waals surface area contributed by atoms with E-state index in [0.29, 0.717) is 6.54 Å². The highest BCUT2D eigenvalue weighted by Gasteiger charge is 2.08. The summed E-state index contributed by atoms with van der Waals surface area (Å²) in [6, 6.07) is 5.95. The lowest BCUT2D eigenvalue weighted by Gasteiger charge is -2.10. The third kappa shape index (κ3) is 4.67. The van der Waals surface area contributed by atoms with Crippen LogP contribution in [0.1, 0.15) is 21.5 Å². The number of carbonyl (C=O) groups excluding carboxylic acids is 1. The Bertz CT molecular complexity index is 386. The zero-order valence-corrected chi connectivity index (χ0v) is 11.2. The summed E-state index contributed by atoms with van der Waals surface area (Å²) < 4.78 is 0. The fraction of sp³-hybridized carbons (Fsp3) is 0.500. The summed E-state index contributed by atoms with van der Waals surface area (Å²) in [5, 5.41) is 3.17. The minimum absolute atomic E-state index is 0.168. The first-order chi connectivity index (χ1) is 8.00. The number of aryl methyl sites for hydroxylation is 2. The molecule has 0 aromatic heterocycles. The average Bonchev–Trinajstić information content (AvgIpc) is 2.23. The molecule has 0 unspecified atom stereocenters. The molecule has 0 heterocycles. The highest BCUT2D eigenvalue weighted by Crippen LogP contribution is 2.10. The van der Waals surface area contributed by atoms with Gasteiger partial charge in [-0.3, -0.25) is 4.79 Å². The second kappa shape index (κ2) is 6.52. The van der Waals surface area contributed by atoms with Gasteiger partial charge in [0.1, 0.15) is 0 Å². The number of Topliss-reactive ketones (excluding diaryl/α,β-unsaturated/α-hetero) is 1. The van der Waals surface area contributed by atoms with Crippen LogP contribution in [0.2, 0.25) is 0 Å². The van der Waals surface area contributed by atoms with Crippen LogP contribution in [0.3, 0.4) is 0 Å². The van der Waals surface area contributed by atoms with Crippen LogP contribution in [0.15, 0.2) is 18.2 Å². The van der Waals surface area contributed by atoms with Crippen molar-refractivity contribution in [2.24, 2.45) is 0 Å². The molecule has 0 aliphatic carbocycles. The molecule has 0 spiro atoms. The third-order valence-electron chi connectivity index (χ3n) is 2.70. The molecular weight excluding hydrogens is 212 g/mol. The highest BCUT2D eigenvalue weighted by atomic mass is 16.1. The van der Waals surface area contributed by atoms with Crippen LogP contribution in [0.5, 0.6) is 0 Å². The van der Waals surface area contributed by atoms with Gasteiger partial charge in [0.2, 0.25) is 0 Å². The van der Waals surface area contributed by atoms with Gasteiger partial charge in [0.15, 0.2) is 5.78 Å². The summed E-state index contributed by atoms with van der Waals surface area (Å²) in [5.74, 6) is 0.168. The number of nitrogens with one attached hydrogen (secondary N) is 1. The molecule has 94 valence electrons. The van der Waals surface area contributed by atoms with E-state index < -0.39 is 0 Å². The van der Waals surface area contributed by atoms with Gasteiger partial charge in [-0.1, -0.05) is 23.8 Å². The molecule has 1 rings (SSSR count). The molecule has 0 bridgehead atoms. The smallest absolute Gasteiger partial charge is 0.176 e. The first-order valence-corrected chi connectivity index (χ1v) is 5.96. The number of nitrogens with zero attached hydrogens (tertiary/aromatic N) is 1. The Hall–Kier alpha value is -1.19. The molecule has 1 aromatic carbocycles. The Morgan fingerprint density at radius 1 is 1.29 bits per heavy atom. The number of hydrogen-bond acceptors (Lipinski definition) is 3. The standard InChI is InChI=1S/C14H22N2O/c1-11-5-6-13(12(2)9-11)14(17)10-15-7-8-16(3)4/h5-6,9,15H,7-8,10H2,1-4H3. The van der Waals surface area contributed by atoms with Crippen LogP contribution in [-0.2, 0) is 0 Å². The monoisotopic (exact) mass is 234 g/mol. The van der Waals surface area contributed by atoms with Crippen molar-refractivity contribution in [3.8, 4) is 0 Å². The van der Waals surface area contributed by atoms with Gasteiger partial charge >= 0.3 is 0 Å². The molecule has 0 aliphatic rings. The van der Waals surface area contributed by atoms with Crippen LogP contribution in [0, 0.1) is 13.8 Å². The van der Waals surface area contributed by atoms with Gasteiger partial charge in [0.05, 0.1) is 6.54 Å². The van der Waals surface area contributed by atoms with Crippen LogP contribution in [0.25, 0.3) is 0 Å². The van der Waals surface area contributed by atoms with Gasteiger partial charge in [-0.15, -0.1) is 0 Å². The van der Waals surface area contributed by atoms with E-state index in [2.05, 4.69) is 10.2 Å². The summed E-state index contributed by atoms with van der Waals surface area (Å²) >= 11 is 0. The second-order valence-electron chi connectivity index (χ2n) is 4.72. The molecule has 17 heavy (non-hydrogen) atoms. The molecule has 0 saturated heterocycles. The van der Waals surface area contributed by atoms with Gasteiger partial charge in [0.25, 0.3) is 0 Å². The Morgan fingerprint density at radius 2 is 2.00 bits per heavy atom. The summed E-state index contributed by atoms with van der Waals surface area (Å²) in [5.41, 5.74) is 3.08. The number of ketones is 1. The zero-order chi connectivity index (χ0) is 12.8. The molecule has 0 fully saturated rings. The van der Waals surface area contributed by atoms with Crippen molar-refractivity contribution in [2.45, 2.75) is 13.8 Å². The number of carbonyl (C=O) groups is 1. The van der Waals surface area contributed by atoms with Gasteiger partial charge in [-0.05, 0) is 33.5 Å². The van der Waals surface area contributed by atoms with E-state index in [-0.39, 0.29) is 5.78 Å². The Kier molecular flexibility index (Phi) is 5.32. The molecule has 0 atom stereocenters. The SMILES string of the molecule is Cc1ccc(C(=O)CNCCN(C)C)c(C)c1. The molecule has 0 aliphatic heterocycles. The highest BCUT2D eigenvalue weighted by molar-refractivity contribution is 5.98. The van der Waals surface area contributed by atoms with Gasteiger partial charge in [0, 0.05) is 18.7 Å². The number of hydrogen-bond donors (Lipinski definition) is 1. The zero-order valence-electron chi connectivity index (χ0n) is 11.2. The molecular formula is C14H22N2O. The predicted molar refractivity (Wildman–Crippen MR) is 71.7 cm³/mol. The van der Waals surface area contributed by atoms with Crippen molar-refractivity contribution in [1.82, 2.24) is 10.2 Å². The number of benzene rings is 1. The quantitative estimate of drug-likeness (QED) is 0.600. The maximum absolute atomic E-state index is 11.9. The molecule has 0 saturated carbocycles. The van der Waals surface area contributed by atoms with E-state index in [4.69, 9.17) is 0 Å². The van der Waals surface area contributed by atoms with Gasteiger partial charge in [-0.2, -0.15) is 0 Å². The fourth-order valence-electron chi connectivity index (χ4n) is 1.73. The fourth-order valence-corrected chi connectivity index (χ4v) is 1.73. The Morgan fingerprint density at radius 3 is 2.59 bits per heavy atom. The Labute approximate surface area is 104 Å². The first kappa shape index (κ1) is 13.9. The van der Waals surface area contributed by atoms with Crippen molar-refractivity contribution in [2.75, 3.05) is 33.7 Å². The summed E-state index contributed by atoms with van der Waals surface area (Å²) in [6.45, 7) is 6.22. The summed E-state index contributed by atoms with van der Waals surface area (Å²) in [7, 11) is 4.04. The van der Waals surface area contributed by atoms with Crippen molar-refractivity contribution < 1.29 is 4.79 Å². The number of rotatable bonds is 6. The van der Waals surface area contributed by atoms with E-state index >= 15 is 0 Å². The number of likely N-dealkylation sites (N-methyl/N-ethyl adjacent to an activating group) is 1. The van der Waals surface area contributed by atoms with E-state index in [1.165, 1.54) is 5.56 Å². The van der Waals surface area contributed by atoms with Crippen LogP contribution in [-0.4, -0.2) is 44.4 Å².